The molecule has 0 saturated heterocycles. The minimum absolute atomic E-state index is 0.292. The van der Waals surface area contributed by atoms with Crippen molar-refractivity contribution < 1.29 is 8.42 Å². The Morgan fingerprint density at radius 3 is 2.80 bits per heavy atom. The van der Waals surface area contributed by atoms with Crippen molar-refractivity contribution in [1.82, 2.24) is 14.9 Å². The van der Waals surface area contributed by atoms with Gasteiger partial charge >= 0.3 is 0 Å². The number of hydrogen-bond acceptors (Lipinski definition) is 3. The average molecular weight is 226 g/mol. The molecule has 2 aromatic rings. The summed E-state index contributed by atoms with van der Waals surface area (Å²) in [5.74, 6) is 0.292. The predicted octanol–water partition coefficient (Wildman–Crippen LogP) is 0.439. The highest BCUT2D eigenvalue weighted by molar-refractivity contribution is 7.90. The van der Waals surface area contributed by atoms with E-state index in [1.54, 1.807) is 6.07 Å². The Kier molecular flexibility index (Phi) is 2.33. The first-order valence-electron chi connectivity index (χ1n) is 4.27. The number of fused-ring (bicyclic) bond motifs is 1. The van der Waals surface area contributed by atoms with Crippen LogP contribution in [0.1, 0.15) is 0 Å². The van der Waals surface area contributed by atoms with Crippen LogP contribution in [0.3, 0.4) is 0 Å². The van der Waals surface area contributed by atoms with Gasteiger partial charge in [-0.3, -0.25) is 9.82 Å². The van der Waals surface area contributed by atoms with E-state index < -0.39 is 10.2 Å². The van der Waals surface area contributed by atoms with Gasteiger partial charge in [0.1, 0.15) is 0 Å². The van der Waals surface area contributed by atoms with Crippen LogP contribution in [0, 0.1) is 0 Å². The number of anilines is 1. The maximum Gasteiger partial charge on any atom is 0.300 e. The molecule has 80 valence electrons. The zero-order valence-electron chi connectivity index (χ0n) is 7.98. The Hall–Kier alpha value is -1.60. The molecule has 0 aliphatic rings. The third-order valence-electron chi connectivity index (χ3n) is 1.97. The maximum atomic E-state index is 11.2. The summed E-state index contributed by atoms with van der Waals surface area (Å²) in [6.45, 7) is 0. The quantitative estimate of drug-likeness (QED) is 0.709. The number of para-hydroxylation sites is 1. The van der Waals surface area contributed by atoms with E-state index in [1.807, 2.05) is 18.2 Å². The third kappa shape index (κ3) is 1.92. The van der Waals surface area contributed by atoms with Gasteiger partial charge in [0.2, 0.25) is 0 Å². The number of nitrogens with one attached hydrogen (secondary N) is 3. The number of nitrogens with zero attached hydrogens (tertiary/aromatic N) is 1. The van der Waals surface area contributed by atoms with Gasteiger partial charge < -0.3 is 0 Å². The van der Waals surface area contributed by atoms with Crippen LogP contribution in [0.15, 0.2) is 24.3 Å². The van der Waals surface area contributed by atoms with Crippen molar-refractivity contribution in [1.29, 1.82) is 0 Å². The molecule has 0 fully saturated rings. The molecule has 0 bridgehead atoms. The summed E-state index contributed by atoms with van der Waals surface area (Å²) in [5, 5.41) is 7.34. The fourth-order valence-electron chi connectivity index (χ4n) is 1.22. The van der Waals surface area contributed by atoms with Crippen LogP contribution in [-0.4, -0.2) is 25.7 Å². The summed E-state index contributed by atoms with van der Waals surface area (Å²) < 4.78 is 26.9. The molecule has 0 unspecified atom stereocenters. The van der Waals surface area contributed by atoms with Crippen LogP contribution in [-0.2, 0) is 10.2 Å². The van der Waals surface area contributed by atoms with Crippen LogP contribution in [0.5, 0.6) is 0 Å². The summed E-state index contributed by atoms with van der Waals surface area (Å²) in [7, 11) is -2.19. The normalized spacial score (nSPS) is 11.8. The summed E-state index contributed by atoms with van der Waals surface area (Å²) >= 11 is 0. The van der Waals surface area contributed by atoms with Gasteiger partial charge in [0.25, 0.3) is 10.2 Å². The molecule has 15 heavy (non-hydrogen) atoms. The lowest BCUT2D eigenvalue weighted by atomic mass is 10.2. The van der Waals surface area contributed by atoms with E-state index in [0.29, 0.717) is 5.82 Å². The second-order valence-electron chi connectivity index (χ2n) is 2.93. The summed E-state index contributed by atoms with van der Waals surface area (Å²) in [6, 6.07) is 7.26. The molecule has 0 spiro atoms. The molecular formula is C8H10N4O2S. The van der Waals surface area contributed by atoms with Crippen molar-refractivity contribution in [3.63, 3.8) is 0 Å². The highest BCUT2D eigenvalue weighted by Crippen LogP contribution is 2.19. The number of H-pyrrole nitrogens is 1. The number of aromatic nitrogens is 2. The summed E-state index contributed by atoms with van der Waals surface area (Å²) in [6.07, 6.45) is 0. The second kappa shape index (κ2) is 3.52. The third-order valence-corrected chi connectivity index (χ3v) is 2.97. The molecule has 7 heteroatoms. The Morgan fingerprint density at radius 2 is 2.07 bits per heavy atom. The highest BCUT2D eigenvalue weighted by atomic mass is 32.2. The lowest BCUT2D eigenvalue weighted by molar-refractivity contribution is 0.593. The standard InChI is InChI=1S/C8H10N4O2S/c1-9-15(13,14)12-8-6-4-2-3-5-7(6)10-11-8/h2-5,9H,1H3,(H2,10,11,12). The first kappa shape index (κ1) is 9.94. The summed E-state index contributed by atoms with van der Waals surface area (Å²) in [5.41, 5.74) is 0.784. The van der Waals surface area contributed by atoms with Crippen molar-refractivity contribution in [2.24, 2.45) is 0 Å². The number of aromatic amines is 1. The molecule has 2 rings (SSSR count). The lowest BCUT2D eigenvalue weighted by Gasteiger charge is -2.02. The van der Waals surface area contributed by atoms with E-state index >= 15 is 0 Å². The molecule has 0 saturated carbocycles. The topological polar surface area (TPSA) is 86.9 Å². The molecule has 1 heterocycles. The second-order valence-corrected chi connectivity index (χ2v) is 4.55. The molecule has 1 aromatic heterocycles. The average Bonchev–Trinajstić information content (AvgIpc) is 2.62. The van der Waals surface area contributed by atoms with E-state index in [9.17, 15) is 8.42 Å². The Labute approximate surface area is 86.9 Å². The predicted molar refractivity (Wildman–Crippen MR) is 57.7 cm³/mol. The number of hydrogen-bond donors (Lipinski definition) is 3. The van der Waals surface area contributed by atoms with Crippen molar-refractivity contribution in [3.05, 3.63) is 24.3 Å². The smallest absolute Gasteiger partial charge is 0.276 e. The molecule has 0 atom stereocenters. The van der Waals surface area contributed by atoms with Crippen molar-refractivity contribution in [3.8, 4) is 0 Å². The lowest BCUT2D eigenvalue weighted by Crippen LogP contribution is -2.26. The van der Waals surface area contributed by atoms with Gasteiger partial charge in [0, 0.05) is 12.4 Å². The van der Waals surface area contributed by atoms with E-state index in [0.717, 1.165) is 10.9 Å². The maximum absolute atomic E-state index is 11.2. The van der Waals surface area contributed by atoms with Crippen LogP contribution >= 0.6 is 0 Å². The van der Waals surface area contributed by atoms with Gasteiger partial charge in [0.15, 0.2) is 5.82 Å². The van der Waals surface area contributed by atoms with Gasteiger partial charge in [-0.25, -0.2) is 4.72 Å². The molecule has 0 aliphatic carbocycles. The Morgan fingerprint density at radius 1 is 1.33 bits per heavy atom. The molecule has 0 amide bonds. The van der Waals surface area contributed by atoms with Gasteiger partial charge in [-0.1, -0.05) is 12.1 Å². The van der Waals surface area contributed by atoms with Gasteiger partial charge in [-0.2, -0.15) is 13.5 Å². The van der Waals surface area contributed by atoms with Crippen LogP contribution in [0.2, 0.25) is 0 Å². The highest BCUT2D eigenvalue weighted by Gasteiger charge is 2.11. The van der Waals surface area contributed by atoms with E-state index in [-0.39, 0.29) is 0 Å². The van der Waals surface area contributed by atoms with Gasteiger partial charge in [0.05, 0.1) is 5.52 Å². The van der Waals surface area contributed by atoms with E-state index in [4.69, 9.17) is 0 Å². The minimum atomic E-state index is -3.52. The Bertz CT molecular complexity index is 575. The van der Waals surface area contributed by atoms with E-state index in [2.05, 4.69) is 19.6 Å². The fraction of sp³-hybridized carbons (Fsp3) is 0.125. The van der Waals surface area contributed by atoms with E-state index in [1.165, 1.54) is 7.05 Å². The van der Waals surface area contributed by atoms with Crippen molar-refractivity contribution >= 4 is 26.9 Å². The zero-order valence-corrected chi connectivity index (χ0v) is 8.80. The SMILES string of the molecule is CNS(=O)(=O)Nc1n[nH]c2ccccc12. The number of rotatable bonds is 3. The van der Waals surface area contributed by atoms with Crippen molar-refractivity contribution in [2.45, 2.75) is 0 Å². The van der Waals surface area contributed by atoms with Crippen LogP contribution in [0.25, 0.3) is 10.9 Å². The first-order valence-corrected chi connectivity index (χ1v) is 5.75. The van der Waals surface area contributed by atoms with Gasteiger partial charge in [-0.05, 0) is 12.1 Å². The molecule has 0 aliphatic heterocycles. The number of benzene rings is 1. The largest absolute Gasteiger partial charge is 0.300 e. The zero-order chi connectivity index (χ0) is 10.9. The van der Waals surface area contributed by atoms with Crippen LogP contribution in [0.4, 0.5) is 5.82 Å². The molecule has 3 N–H and O–H groups in total. The summed E-state index contributed by atoms with van der Waals surface area (Å²) in [4.78, 5) is 0. The molecule has 0 radical (unpaired) electrons. The Balaban J connectivity index is 2.46. The van der Waals surface area contributed by atoms with Crippen LogP contribution < -0.4 is 9.44 Å². The molecule has 6 nitrogen and oxygen atoms in total. The van der Waals surface area contributed by atoms with Crippen molar-refractivity contribution in [2.75, 3.05) is 11.8 Å². The minimum Gasteiger partial charge on any atom is -0.276 e. The monoisotopic (exact) mass is 226 g/mol. The molecule has 1 aromatic carbocycles. The molecular weight excluding hydrogens is 216 g/mol. The first-order chi connectivity index (χ1) is 7.12. The van der Waals surface area contributed by atoms with Gasteiger partial charge in [-0.15, -0.1) is 0 Å². The fourth-order valence-corrected chi connectivity index (χ4v) is 1.73.